The van der Waals surface area contributed by atoms with Crippen LogP contribution in [0.1, 0.15) is 17.5 Å². The highest BCUT2D eigenvalue weighted by Crippen LogP contribution is 2.31. The Bertz CT molecular complexity index is 838. The van der Waals surface area contributed by atoms with Crippen molar-refractivity contribution in [3.8, 4) is 0 Å². The number of hydrogen-bond acceptors (Lipinski definition) is 3. The van der Waals surface area contributed by atoms with E-state index in [1.165, 1.54) is 6.07 Å². The van der Waals surface area contributed by atoms with E-state index in [4.69, 9.17) is 11.6 Å². The third-order valence-electron chi connectivity index (χ3n) is 4.14. The Kier molecular flexibility index (Phi) is 4.28. The molecule has 1 aliphatic rings. The number of carbonyl (C=O) groups is 2. The van der Waals surface area contributed by atoms with Gasteiger partial charge < -0.3 is 5.32 Å². The molecule has 0 bridgehead atoms. The van der Waals surface area contributed by atoms with Crippen molar-refractivity contribution < 1.29 is 14.0 Å². The highest BCUT2D eigenvalue weighted by Gasteiger charge is 2.40. The zero-order valence-corrected chi connectivity index (χ0v) is 14.0. The first-order valence-corrected chi connectivity index (χ1v) is 7.91. The Hall–Kier alpha value is -2.40. The van der Waals surface area contributed by atoms with E-state index in [-0.39, 0.29) is 24.1 Å². The van der Waals surface area contributed by atoms with Crippen molar-refractivity contribution in [2.75, 3.05) is 10.2 Å². The first-order chi connectivity index (χ1) is 11.4. The zero-order chi connectivity index (χ0) is 17.4. The minimum atomic E-state index is -0.724. The number of anilines is 2. The van der Waals surface area contributed by atoms with Gasteiger partial charge in [-0.15, -0.1) is 0 Å². The molecule has 3 rings (SSSR count). The van der Waals surface area contributed by atoms with Gasteiger partial charge in [-0.1, -0.05) is 23.7 Å². The fourth-order valence-corrected chi connectivity index (χ4v) is 2.89. The van der Waals surface area contributed by atoms with Gasteiger partial charge in [0.1, 0.15) is 11.9 Å². The van der Waals surface area contributed by atoms with Gasteiger partial charge in [-0.25, -0.2) is 9.29 Å². The van der Waals surface area contributed by atoms with Crippen LogP contribution in [0.25, 0.3) is 0 Å². The van der Waals surface area contributed by atoms with Crippen molar-refractivity contribution in [1.82, 2.24) is 0 Å². The molecule has 0 aromatic heterocycles. The summed E-state index contributed by atoms with van der Waals surface area (Å²) in [5.74, 6) is -1.04. The SMILES string of the molecule is Cc1ccc(N[C@@H]2CC(=O)N(c3cccc(Cl)c3C)C2=O)cc1F. The Morgan fingerprint density at radius 2 is 1.96 bits per heavy atom. The number of imide groups is 1. The van der Waals surface area contributed by atoms with Crippen molar-refractivity contribution in [1.29, 1.82) is 0 Å². The summed E-state index contributed by atoms with van der Waals surface area (Å²) in [6, 6.07) is 8.99. The number of halogens is 2. The predicted octanol–water partition coefficient (Wildman–Crippen LogP) is 3.84. The van der Waals surface area contributed by atoms with E-state index in [2.05, 4.69) is 5.32 Å². The number of hydrogen-bond donors (Lipinski definition) is 1. The minimum Gasteiger partial charge on any atom is -0.373 e. The number of nitrogens with one attached hydrogen (secondary N) is 1. The molecule has 1 saturated heterocycles. The largest absolute Gasteiger partial charge is 0.373 e. The van der Waals surface area contributed by atoms with Crippen molar-refractivity contribution in [3.05, 3.63) is 58.4 Å². The quantitative estimate of drug-likeness (QED) is 0.859. The van der Waals surface area contributed by atoms with Crippen LogP contribution in [-0.2, 0) is 9.59 Å². The summed E-state index contributed by atoms with van der Waals surface area (Å²) in [6.07, 6.45) is 0.0142. The second-order valence-electron chi connectivity index (χ2n) is 5.82. The van der Waals surface area contributed by atoms with Gasteiger partial charge in [-0.2, -0.15) is 0 Å². The monoisotopic (exact) mass is 346 g/mol. The lowest BCUT2D eigenvalue weighted by Crippen LogP contribution is -2.35. The van der Waals surface area contributed by atoms with Crippen LogP contribution in [0, 0.1) is 19.7 Å². The number of rotatable bonds is 3. The molecule has 2 aromatic rings. The van der Waals surface area contributed by atoms with Gasteiger partial charge in [-0.05, 0) is 49.2 Å². The Labute approximate surface area is 144 Å². The molecule has 1 heterocycles. The van der Waals surface area contributed by atoms with Crippen molar-refractivity contribution in [2.45, 2.75) is 26.3 Å². The van der Waals surface area contributed by atoms with Gasteiger partial charge in [-0.3, -0.25) is 9.59 Å². The molecule has 1 aliphatic heterocycles. The van der Waals surface area contributed by atoms with Crippen LogP contribution in [0.4, 0.5) is 15.8 Å². The van der Waals surface area contributed by atoms with Gasteiger partial charge in [0.25, 0.3) is 5.91 Å². The summed E-state index contributed by atoms with van der Waals surface area (Å²) >= 11 is 6.08. The molecule has 2 amide bonds. The van der Waals surface area contributed by atoms with Crippen LogP contribution in [0.15, 0.2) is 36.4 Å². The summed E-state index contributed by atoms with van der Waals surface area (Å²) in [4.78, 5) is 26.1. The number of amides is 2. The summed E-state index contributed by atoms with van der Waals surface area (Å²) in [6.45, 7) is 3.42. The lowest BCUT2D eigenvalue weighted by atomic mass is 10.1. The first-order valence-electron chi connectivity index (χ1n) is 7.53. The third-order valence-corrected chi connectivity index (χ3v) is 4.55. The van der Waals surface area contributed by atoms with E-state index in [0.29, 0.717) is 27.5 Å². The second-order valence-corrected chi connectivity index (χ2v) is 6.22. The second kappa shape index (κ2) is 6.24. The molecule has 1 fully saturated rings. The van der Waals surface area contributed by atoms with Crippen LogP contribution in [0.2, 0.25) is 5.02 Å². The maximum absolute atomic E-state index is 13.6. The molecule has 0 saturated carbocycles. The molecule has 4 nitrogen and oxygen atoms in total. The van der Waals surface area contributed by atoms with Crippen LogP contribution >= 0.6 is 11.6 Å². The van der Waals surface area contributed by atoms with Crippen molar-refractivity contribution >= 4 is 34.8 Å². The molecule has 24 heavy (non-hydrogen) atoms. The molecular formula is C18H16ClFN2O2. The highest BCUT2D eigenvalue weighted by atomic mass is 35.5. The molecule has 0 radical (unpaired) electrons. The van der Waals surface area contributed by atoms with E-state index in [1.54, 1.807) is 44.2 Å². The van der Waals surface area contributed by atoms with Gasteiger partial charge in [0.2, 0.25) is 5.91 Å². The molecule has 0 spiro atoms. The fraction of sp³-hybridized carbons (Fsp3) is 0.222. The standard InChI is InChI=1S/C18H16ClFN2O2/c1-10-6-7-12(8-14(10)20)21-15-9-17(23)22(18(15)24)16-5-3-4-13(19)11(16)2/h3-8,15,21H,9H2,1-2H3/t15-/m1/s1. The Morgan fingerprint density at radius 1 is 1.21 bits per heavy atom. The van der Waals surface area contributed by atoms with Crippen LogP contribution < -0.4 is 10.2 Å². The summed E-state index contributed by atoms with van der Waals surface area (Å²) < 4.78 is 13.6. The molecule has 124 valence electrons. The summed E-state index contributed by atoms with van der Waals surface area (Å²) in [7, 11) is 0. The third kappa shape index (κ3) is 2.87. The lowest BCUT2D eigenvalue weighted by molar-refractivity contribution is -0.121. The van der Waals surface area contributed by atoms with Crippen LogP contribution in [0.5, 0.6) is 0 Å². The zero-order valence-electron chi connectivity index (χ0n) is 13.3. The maximum Gasteiger partial charge on any atom is 0.256 e. The maximum atomic E-state index is 13.6. The van der Waals surface area contributed by atoms with Gasteiger partial charge in [0.05, 0.1) is 12.1 Å². The topological polar surface area (TPSA) is 49.4 Å². The predicted molar refractivity (Wildman–Crippen MR) is 91.8 cm³/mol. The molecule has 6 heteroatoms. The van der Waals surface area contributed by atoms with Crippen LogP contribution in [-0.4, -0.2) is 17.9 Å². The minimum absolute atomic E-state index is 0.0142. The molecule has 2 aromatic carbocycles. The van der Waals surface area contributed by atoms with Gasteiger partial charge in [0, 0.05) is 10.7 Å². The van der Waals surface area contributed by atoms with E-state index in [0.717, 1.165) is 4.90 Å². The fourth-order valence-electron chi connectivity index (χ4n) is 2.72. The normalized spacial score (nSPS) is 17.5. The average molecular weight is 347 g/mol. The summed E-state index contributed by atoms with van der Waals surface area (Å²) in [5, 5.41) is 3.43. The van der Waals surface area contributed by atoms with Crippen molar-refractivity contribution in [2.24, 2.45) is 0 Å². The smallest absolute Gasteiger partial charge is 0.256 e. The van der Waals surface area contributed by atoms with Crippen molar-refractivity contribution in [3.63, 3.8) is 0 Å². The van der Waals surface area contributed by atoms with E-state index in [9.17, 15) is 14.0 Å². The Morgan fingerprint density at radius 3 is 2.67 bits per heavy atom. The first kappa shape index (κ1) is 16.5. The highest BCUT2D eigenvalue weighted by molar-refractivity contribution is 6.32. The van der Waals surface area contributed by atoms with Gasteiger partial charge >= 0.3 is 0 Å². The molecule has 1 atom stereocenters. The van der Waals surface area contributed by atoms with E-state index >= 15 is 0 Å². The Balaban J connectivity index is 1.86. The van der Waals surface area contributed by atoms with Gasteiger partial charge in [0.15, 0.2) is 0 Å². The molecule has 1 N–H and O–H groups in total. The number of nitrogens with zero attached hydrogens (tertiary/aromatic N) is 1. The van der Waals surface area contributed by atoms with Crippen LogP contribution in [0.3, 0.4) is 0 Å². The lowest BCUT2D eigenvalue weighted by Gasteiger charge is -2.18. The summed E-state index contributed by atoms with van der Waals surface area (Å²) in [5.41, 5.74) is 2.14. The molecule has 0 aliphatic carbocycles. The molecule has 0 unspecified atom stereocenters. The number of aryl methyl sites for hydroxylation is 1. The van der Waals surface area contributed by atoms with E-state index < -0.39 is 6.04 Å². The number of benzene rings is 2. The number of carbonyl (C=O) groups excluding carboxylic acids is 2. The average Bonchev–Trinajstić information content (AvgIpc) is 2.80. The van der Waals surface area contributed by atoms with E-state index in [1.807, 2.05) is 0 Å². The molecular weight excluding hydrogens is 331 g/mol.